The van der Waals surface area contributed by atoms with Crippen LogP contribution in [0.15, 0.2) is 48.5 Å². The number of non-ortho nitro benzene ring substituents is 1. The molecule has 0 atom stereocenters. The molecule has 0 fully saturated rings. The van der Waals surface area contributed by atoms with Crippen molar-refractivity contribution in [3.05, 3.63) is 69.8 Å². The van der Waals surface area contributed by atoms with Gasteiger partial charge in [-0.15, -0.1) is 0 Å². The van der Waals surface area contributed by atoms with Crippen molar-refractivity contribution in [1.82, 2.24) is 10.2 Å². The van der Waals surface area contributed by atoms with Crippen LogP contribution in [-0.2, 0) is 0 Å². The molecule has 9 heteroatoms. The van der Waals surface area contributed by atoms with E-state index in [0.29, 0.717) is 11.1 Å². The third kappa shape index (κ3) is 3.36. The van der Waals surface area contributed by atoms with Crippen LogP contribution < -0.4 is 10.6 Å². The van der Waals surface area contributed by atoms with Crippen molar-refractivity contribution < 1.29 is 19.3 Å². The summed E-state index contributed by atoms with van der Waals surface area (Å²) in [6, 6.07) is 11.4. The van der Waals surface area contributed by atoms with Gasteiger partial charge in [0.05, 0.1) is 16.1 Å². The van der Waals surface area contributed by atoms with E-state index in [0.717, 1.165) is 4.90 Å². The van der Waals surface area contributed by atoms with Crippen molar-refractivity contribution in [3.63, 3.8) is 0 Å². The number of hydrogen-bond donors (Lipinski definition) is 2. The van der Waals surface area contributed by atoms with Gasteiger partial charge in [0.2, 0.25) is 0 Å². The van der Waals surface area contributed by atoms with Gasteiger partial charge in [0.15, 0.2) is 0 Å². The number of imide groups is 1. The van der Waals surface area contributed by atoms with Crippen molar-refractivity contribution in [2.75, 3.05) is 18.4 Å². The molecular weight excluding hydrogens is 340 g/mol. The third-order valence-electron chi connectivity index (χ3n) is 3.81. The smallest absolute Gasteiger partial charge is 0.319 e. The van der Waals surface area contributed by atoms with E-state index in [1.165, 1.54) is 24.3 Å². The average Bonchev–Trinajstić information content (AvgIpc) is 2.87. The summed E-state index contributed by atoms with van der Waals surface area (Å²) in [5.41, 5.74) is 0.809. The average molecular weight is 354 g/mol. The molecule has 3 rings (SSSR count). The zero-order valence-corrected chi connectivity index (χ0v) is 13.5. The van der Waals surface area contributed by atoms with E-state index in [1.54, 1.807) is 24.3 Å². The molecular formula is C17H14N4O5. The molecule has 0 spiro atoms. The Morgan fingerprint density at radius 2 is 1.69 bits per heavy atom. The first-order chi connectivity index (χ1) is 12.5. The largest absolute Gasteiger partial charge is 0.336 e. The lowest BCUT2D eigenvalue weighted by molar-refractivity contribution is -0.384. The Bertz CT molecular complexity index is 877. The maximum Gasteiger partial charge on any atom is 0.319 e. The fraction of sp³-hybridized carbons (Fsp3) is 0.118. The summed E-state index contributed by atoms with van der Waals surface area (Å²) in [6.07, 6.45) is 0. The van der Waals surface area contributed by atoms with E-state index in [4.69, 9.17) is 0 Å². The van der Waals surface area contributed by atoms with Gasteiger partial charge in [-0.1, -0.05) is 18.2 Å². The molecule has 4 amide bonds. The quantitative estimate of drug-likeness (QED) is 0.483. The lowest BCUT2D eigenvalue weighted by Gasteiger charge is -2.14. The van der Waals surface area contributed by atoms with Gasteiger partial charge in [0.1, 0.15) is 0 Å². The van der Waals surface area contributed by atoms with Crippen LogP contribution in [0.1, 0.15) is 20.7 Å². The van der Waals surface area contributed by atoms with Crippen LogP contribution in [0.4, 0.5) is 16.2 Å². The molecule has 9 nitrogen and oxygen atoms in total. The van der Waals surface area contributed by atoms with Crippen LogP contribution in [0, 0.1) is 10.1 Å². The Kier molecular flexibility index (Phi) is 4.61. The topological polar surface area (TPSA) is 122 Å². The number of nitrogens with one attached hydrogen (secondary N) is 2. The highest BCUT2D eigenvalue weighted by molar-refractivity contribution is 6.21. The number of fused-ring (bicyclic) bond motifs is 1. The van der Waals surface area contributed by atoms with E-state index < -0.39 is 22.8 Å². The molecule has 1 aliphatic rings. The predicted molar refractivity (Wildman–Crippen MR) is 91.9 cm³/mol. The second-order valence-corrected chi connectivity index (χ2v) is 5.50. The monoisotopic (exact) mass is 354 g/mol. The molecule has 0 saturated heterocycles. The molecule has 0 aliphatic carbocycles. The fourth-order valence-electron chi connectivity index (χ4n) is 2.60. The van der Waals surface area contributed by atoms with Gasteiger partial charge in [-0.2, -0.15) is 0 Å². The van der Waals surface area contributed by atoms with Crippen LogP contribution in [0.2, 0.25) is 0 Å². The number of nitro groups is 1. The maximum atomic E-state index is 12.2. The fourth-order valence-corrected chi connectivity index (χ4v) is 2.60. The van der Waals surface area contributed by atoms with Gasteiger partial charge in [-0.3, -0.25) is 24.6 Å². The normalized spacial score (nSPS) is 12.7. The molecule has 2 N–H and O–H groups in total. The van der Waals surface area contributed by atoms with Crippen LogP contribution in [0.3, 0.4) is 0 Å². The number of amides is 4. The number of rotatable bonds is 5. The molecule has 0 bridgehead atoms. The van der Waals surface area contributed by atoms with Gasteiger partial charge in [-0.05, 0) is 18.2 Å². The summed E-state index contributed by atoms with van der Waals surface area (Å²) in [4.78, 5) is 47.5. The molecule has 0 unspecified atom stereocenters. The number of urea groups is 1. The van der Waals surface area contributed by atoms with Crippen molar-refractivity contribution in [2.45, 2.75) is 0 Å². The zero-order chi connectivity index (χ0) is 18.7. The zero-order valence-electron chi connectivity index (χ0n) is 13.5. The second-order valence-electron chi connectivity index (χ2n) is 5.50. The number of anilines is 1. The standard InChI is InChI=1S/C17H14N4O5/c22-15-13-6-1-2-7-14(13)16(23)20(15)9-8-18-17(24)19-11-4-3-5-12(10-11)21(25)26/h1-7,10H,8-9H2,(H2,18,19,24). The number of nitro benzene ring substituents is 1. The van der Waals surface area contributed by atoms with E-state index in [1.807, 2.05) is 0 Å². The van der Waals surface area contributed by atoms with Crippen LogP contribution >= 0.6 is 0 Å². The summed E-state index contributed by atoms with van der Waals surface area (Å²) in [5.74, 6) is -0.794. The van der Waals surface area contributed by atoms with Crippen molar-refractivity contribution in [3.8, 4) is 0 Å². The molecule has 1 heterocycles. The van der Waals surface area contributed by atoms with Crippen LogP contribution in [0.5, 0.6) is 0 Å². The second kappa shape index (κ2) is 7.01. The lowest BCUT2D eigenvalue weighted by Crippen LogP contribution is -2.39. The van der Waals surface area contributed by atoms with Gasteiger partial charge in [-0.25, -0.2) is 4.79 Å². The molecule has 2 aromatic carbocycles. The molecule has 1 aliphatic heterocycles. The van der Waals surface area contributed by atoms with Crippen LogP contribution in [-0.4, -0.2) is 40.8 Å². The minimum atomic E-state index is -0.595. The molecule has 26 heavy (non-hydrogen) atoms. The molecule has 0 radical (unpaired) electrons. The first-order valence-corrected chi connectivity index (χ1v) is 7.72. The Hall–Kier alpha value is -3.75. The third-order valence-corrected chi connectivity index (χ3v) is 3.81. The Labute approximate surface area is 147 Å². The molecule has 132 valence electrons. The Morgan fingerprint density at radius 1 is 1.04 bits per heavy atom. The van der Waals surface area contributed by atoms with E-state index in [-0.39, 0.29) is 24.5 Å². The summed E-state index contributed by atoms with van der Waals surface area (Å²) >= 11 is 0. The highest BCUT2D eigenvalue weighted by atomic mass is 16.6. The number of nitrogens with zero attached hydrogens (tertiary/aromatic N) is 2. The first-order valence-electron chi connectivity index (χ1n) is 7.72. The van der Waals surface area contributed by atoms with E-state index >= 15 is 0 Å². The highest BCUT2D eigenvalue weighted by Crippen LogP contribution is 2.21. The molecule has 2 aromatic rings. The number of carbonyl (C=O) groups excluding carboxylic acids is 3. The van der Waals surface area contributed by atoms with E-state index in [2.05, 4.69) is 10.6 Å². The predicted octanol–water partition coefficient (Wildman–Crippen LogP) is 2.01. The van der Waals surface area contributed by atoms with Crippen molar-refractivity contribution >= 4 is 29.2 Å². The highest BCUT2D eigenvalue weighted by Gasteiger charge is 2.34. The summed E-state index contributed by atoms with van der Waals surface area (Å²) in [7, 11) is 0. The van der Waals surface area contributed by atoms with Crippen LogP contribution in [0.25, 0.3) is 0 Å². The Morgan fingerprint density at radius 3 is 2.31 bits per heavy atom. The van der Waals surface area contributed by atoms with Gasteiger partial charge < -0.3 is 10.6 Å². The number of carbonyl (C=O) groups is 3. The van der Waals surface area contributed by atoms with E-state index in [9.17, 15) is 24.5 Å². The van der Waals surface area contributed by atoms with Gasteiger partial charge in [0, 0.05) is 30.9 Å². The van der Waals surface area contributed by atoms with Crippen molar-refractivity contribution in [1.29, 1.82) is 0 Å². The van der Waals surface area contributed by atoms with Crippen molar-refractivity contribution in [2.24, 2.45) is 0 Å². The Balaban J connectivity index is 1.53. The molecule has 0 saturated carbocycles. The minimum absolute atomic E-state index is 0.0225. The number of benzene rings is 2. The lowest BCUT2D eigenvalue weighted by atomic mass is 10.1. The van der Waals surface area contributed by atoms with Gasteiger partial charge >= 0.3 is 6.03 Å². The first kappa shape index (κ1) is 17.1. The summed E-state index contributed by atoms with van der Waals surface area (Å²) < 4.78 is 0. The minimum Gasteiger partial charge on any atom is -0.336 e. The number of hydrogen-bond acceptors (Lipinski definition) is 5. The summed E-state index contributed by atoms with van der Waals surface area (Å²) in [6.45, 7) is 0.0704. The van der Waals surface area contributed by atoms with Gasteiger partial charge in [0.25, 0.3) is 17.5 Å². The molecule has 0 aromatic heterocycles. The maximum absolute atomic E-state index is 12.2. The SMILES string of the molecule is O=C(NCCN1C(=O)c2ccccc2C1=O)Nc1cccc([N+](=O)[O-])c1. The summed E-state index contributed by atoms with van der Waals surface area (Å²) in [5, 5.41) is 15.7.